The predicted octanol–water partition coefficient (Wildman–Crippen LogP) is 0.969. The van der Waals surface area contributed by atoms with Crippen LogP contribution in [-0.4, -0.2) is 36.7 Å². The quantitative estimate of drug-likeness (QED) is 0.811. The minimum atomic E-state index is -4.57. The first-order valence-corrected chi connectivity index (χ1v) is 5.46. The van der Waals surface area contributed by atoms with Gasteiger partial charge in [0.15, 0.2) is 6.04 Å². The SMILES string of the molecule is COC(=O)[C@@H](CO)NC(=O)c1cccc(C(F)(F)F)c1. The normalized spacial score (nSPS) is 12.7. The van der Waals surface area contributed by atoms with Crippen LogP contribution >= 0.6 is 0 Å². The number of ether oxygens (including phenoxy) is 1. The molecule has 0 unspecified atom stereocenters. The summed E-state index contributed by atoms with van der Waals surface area (Å²) in [6, 6.07) is 2.38. The number of methoxy groups -OCH3 is 1. The zero-order chi connectivity index (χ0) is 15.3. The van der Waals surface area contributed by atoms with E-state index in [9.17, 15) is 22.8 Å². The van der Waals surface area contributed by atoms with Gasteiger partial charge in [-0.3, -0.25) is 4.79 Å². The molecule has 0 bridgehead atoms. The number of hydrogen-bond acceptors (Lipinski definition) is 4. The van der Waals surface area contributed by atoms with Gasteiger partial charge in [-0.25, -0.2) is 4.79 Å². The highest BCUT2D eigenvalue weighted by atomic mass is 19.4. The second kappa shape index (κ2) is 6.38. The van der Waals surface area contributed by atoms with E-state index in [1.54, 1.807) is 0 Å². The Bertz CT molecular complexity index is 502. The molecule has 8 heteroatoms. The Labute approximate surface area is 112 Å². The number of carbonyl (C=O) groups is 2. The molecule has 5 nitrogen and oxygen atoms in total. The molecular formula is C12H12F3NO4. The molecule has 1 aromatic carbocycles. The standard InChI is InChI=1S/C12H12F3NO4/c1-20-11(19)9(6-17)16-10(18)7-3-2-4-8(5-7)12(13,14)15/h2-5,9,17H,6H2,1H3,(H,16,18)/t9-/m1/s1. The molecule has 1 amide bonds. The fourth-order valence-electron chi connectivity index (χ4n) is 1.40. The van der Waals surface area contributed by atoms with Gasteiger partial charge in [0.05, 0.1) is 19.3 Å². The lowest BCUT2D eigenvalue weighted by Crippen LogP contribution is -2.44. The van der Waals surface area contributed by atoms with E-state index in [-0.39, 0.29) is 5.56 Å². The minimum Gasteiger partial charge on any atom is -0.467 e. The third kappa shape index (κ3) is 3.95. The van der Waals surface area contributed by atoms with E-state index in [0.29, 0.717) is 6.07 Å². The van der Waals surface area contributed by atoms with E-state index in [1.165, 1.54) is 0 Å². The van der Waals surface area contributed by atoms with Crippen molar-refractivity contribution < 1.29 is 32.6 Å². The number of rotatable bonds is 4. The van der Waals surface area contributed by atoms with Crippen molar-refractivity contribution in [2.24, 2.45) is 0 Å². The molecule has 2 N–H and O–H groups in total. The number of benzene rings is 1. The van der Waals surface area contributed by atoms with Gasteiger partial charge in [-0.1, -0.05) is 6.07 Å². The van der Waals surface area contributed by atoms with Crippen LogP contribution in [0.2, 0.25) is 0 Å². The van der Waals surface area contributed by atoms with Crippen LogP contribution in [0.25, 0.3) is 0 Å². The lowest BCUT2D eigenvalue weighted by atomic mass is 10.1. The zero-order valence-corrected chi connectivity index (χ0v) is 10.4. The molecular weight excluding hydrogens is 279 g/mol. The lowest BCUT2D eigenvalue weighted by Gasteiger charge is -2.14. The van der Waals surface area contributed by atoms with Crippen molar-refractivity contribution in [2.75, 3.05) is 13.7 Å². The monoisotopic (exact) mass is 291 g/mol. The number of aliphatic hydroxyl groups excluding tert-OH is 1. The van der Waals surface area contributed by atoms with Crippen molar-refractivity contribution in [3.63, 3.8) is 0 Å². The lowest BCUT2D eigenvalue weighted by molar-refractivity contribution is -0.144. The maximum absolute atomic E-state index is 12.5. The molecule has 0 aliphatic heterocycles. The van der Waals surface area contributed by atoms with Crippen LogP contribution in [0.3, 0.4) is 0 Å². The molecule has 1 aromatic rings. The van der Waals surface area contributed by atoms with E-state index in [0.717, 1.165) is 25.3 Å². The van der Waals surface area contributed by atoms with E-state index in [2.05, 4.69) is 10.1 Å². The number of nitrogens with one attached hydrogen (secondary N) is 1. The van der Waals surface area contributed by atoms with Gasteiger partial charge in [0.25, 0.3) is 5.91 Å². The summed E-state index contributed by atoms with van der Waals surface area (Å²) in [5.74, 6) is -1.81. The molecule has 0 aliphatic rings. The average Bonchev–Trinajstić information content (AvgIpc) is 2.42. The zero-order valence-electron chi connectivity index (χ0n) is 10.4. The van der Waals surface area contributed by atoms with Gasteiger partial charge < -0.3 is 15.2 Å². The van der Waals surface area contributed by atoms with Crippen molar-refractivity contribution in [1.82, 2.24) is 5.32 Å². The summed E-state index contributed by atoms with van der Waals surface area (Å²) in [5.41, 5.74) is -1.26. The Hall–Kier alpha value is -2.09. The highest BCUT2D eigenvalue weighted by Gasteiger charge is 2.31. The summed E-state index contributed by atoms with van der Waals surface area (Å²) in [5, 5.41) is 11.0. The predicted molar refractivity (Wildman–Crippen MR) is 61.8 cm³/mol. The Morgan fingerprint density at radius 3 is 2.55 bits per heavy atom. The first-order chi connectivity index (χ1) is 9.29. The Balaban J connectivity index is 2.90. The maximum atomic E-state index is 12.5. The van der Waals surface area contributed by atoms with Crippen LogP contribution in [0.1, 0.15) is 15.9 Å². The molecule has 0 aromatic heterocycles. The molecule has 0 fully saturated rings. The summed E-state index contributed by atoms with van der Waals surface area (Å²) < 4.78 is 41.8. The Morgan fingerprint density at radius 1 is 1.40 bits per heavy atom. The van der Waals surface area contributed by atoms with Crippen LogP contribution in [0.15, 0.2) is 24.3 Å². The first kappa shape index (κ1) is 16.0. The third-order valence-electron chi connectivity index (χ3n) is 2.43. The molecule has 0 radical (unpaired) electrons. The van der Waals surface area contributed by atoms with Crippen LogP contribution in [-0.2, 0) is 15.7 Å². The summed E-state index contributed by atoms with van der Waals surface area (Å²) in [4.78, 5) is 22.9. The van der Waals surface area contributed by atoms with Gasteiger partial charge in [0, 0.05) is 5.56 Å². The second-order valence-corrected chi connectivity index (χ2v) is 3.81. The number of halogens is 3. The Kier molecular flexibility index (Phi) is 5.09. The van der Waals surface area contributed by atoms with E-state index < -0.39 is 36.3 Å². The van der Waals surface area contributed by atoms with Crippen molar-refractivity contribution in [3.05, 3.63) is 35.4 Å². The Morgan fingerprint density at radius 2 is 2.05 bits per heavy atom. The number of esters is 1. The largest absolute Gasteiger partial charge is 0.467 e. The first-order valence-electron chi connectivity index (χ1n) is 5.46. The van der Waals surface area contributed by atoms with Crippen LogP contribution in [0.5, 0.6) is 0 Å². The average molecular weight is 291 g/mol. The fourth-order valence-corrected chi connectivity index (χ4v) is 1.40. The van der Waals surface area contributed by atoms with E-state index >= 15 is 0 Å². The highest BCUT2D eigenvalue weighted by Crippen LogP contribution is 2.29. The van der Waals surface area contributed by atoms with Gasteiger partial charge in [-0.2, -0.15) is 13.2 Å². The van der Waals surface area contributed by atoms with E-state index in [1.807, 2.05) is 0 Å². The topological polar surface area (TPSA) is 75.6 Å². The van der Waals surface area contributed by atoms with Crippen molar-refractivity contribution in [2.45, 2.75) is 12.2 Å². The van der Waals surface area contributed by atoms with Crippen LogP contribution < -0.4 is 5.32 Å². The maximum Gasteiger partial charge on any atom is 0.416 e. The summed E-state index contributed by atoms with van der Waals surface area (Å²) >= 11 is 0. The van der Waals surface area contributed by atoms with Crippen molar-refractivity contribution >= 4 is 11.9 Å². The van der Waals surface area contributed by atoms with Crippen LogP contribution in [0.4, 0.5) is 13.2 Å². The van der Waals surface area contributed by atoms with Gasteiger partial charge in [-0.05, 0) is 18.2 Å². The second-order valence-electron chi connectivity index (χ2n) is 3.81. The van der Waals surface area contributed by atoms with Gasteiger partial charge in [0.1, 0.15) is 0 Å². The number of hydrogen-bond donors (Lipinski definition) is 2. The molecule has 0 saturated carbocycles. The fraction of sp³-hybridized carbons (Fsp3) is 0.333. The molecule has 0 heterocycles. The summed E-state index contributed by atoms with van der Waals surface area (Å²) in [7, 11) is 1.06. The molecule has 1 rings (SSSR count). The van der Waals surface area contributed by atoms with Crippen LogP contribution in [0, 0.1) is 0 Å². The minimum absolute atomic E-state index is 0.276. The molecule has 0 saturated heterocycles. The molecule has 1 atom stereocenters. The van der Waals surface area contributed by atoms with E-state index in [4.69, 9.17) is 5.11 Å². The number of alkyl halides is 3. The van der Waals surface area contributed by atoms with Gasteiger partial charge in [-0.15, -0.1) is 0 Å². The smallest absolute Gasteiger partial charge is 0.416 e. The summed E-state index contributed by atoms with van der Waals surface area (Å²) in [6.45, 7) is -0.725. The molecule has 0 spiro atoms. The highest BCUT2D eigenvalue weighted by molar-refractivity contribution is 5.96. The third-order valence-corrected chi connectivity index (χ3v) is 2.43. The number of carbonyl (C=O) groups excluding carboxylic acids is 2. The molecule has 0 aliphatic carbocycles. The molecule has 20 heavy (non-hydrogen) atoms. The molecule has 110 valence electrons. The summed E-state index contributed by atoms with van der Waals surface area (Å²) in [6.07, 6.45) is -4.57. The van der Waals surface area contributed by atoms with Gasteiger partial charge >= 0.3 is 12.1 Å². The van der Waals surface area contributed by atoms with Gasteiger partial charge in [0.2, 0.25) is 0 Å². The number of amides is 1. The number of aliphatic hydroxyl groups is 1. The van der Waals surface area contributed by atoms with Crippen molar-refractivity contribution in [3.8, 4) is 0 Å². The van der Waals surface area contributed by atoms with Crippen molar-refractivity contribution in [1.29, 1.82) is 0 Å².